The Kier molecular flexibility index (Phi) is 5.64. The van der Waals surface area contributed by atoms with E-state index in [4.69, 9.17) is 9.47 Å². The van der Waals surface area contributed by atoms with Gasteiger partial charge in [-0.2, -0.15) is 0 Å². The van der Waals surface area contributed by atoms with Crippen molar-refractivity contribution < 1.29 is 19.1 Å². The minimum Gasteiger partial charge on any atom is -0.490 e. The molecule has 0 spiro atoms. The van der Waals surface area contributed by atoms with Crippen molar-refractivity contribution in [2.24, 2.45) is 0 Å². The van der Waals surface area contributed by atoms with Crippen LogP contribution in [0.3, 0.4) is 0 Å². The van der Waals surface area contributed by atoms with Crippen LogP contribution in [-0.4, -0.2) is 29.9 Å². The van der Waals surface area contributed by atoms with Gasteiger partial charge in [-0.3, -0.25) is 14.5 Å². The number of carbonyl (C=O) groups is 2. The summed E-state index contributed by atoms with van der Waals surface area (Å²) >= 11 is 1.47. The Morgan fingerprint density at radius 2 is 1.90 bits per heavy atom. The van der Waals surface area contributed by atoms with Crippen LogP contribution < -0.4 is 19.7 Å². The van der Waals surface area contributed by atoms with Gasteiger partial charge in [0.2, 0.25) is 5.91 Å². The van der Waals surface area contributed by atoms with Crippen molar-refractivity contribution in [3.63, 3.8) is 0 Å². The summed E-state index contributed by atoms with van der Waals surface area (Å²) < 4.78 is 11.3. The highest BCUT2D eigenvalue weighted by molar-refractivity contribution is 8.02. The summed E-state index contributed by atoms with van der Waals surface area (Å²) in [6.45, 7) is 6.87. The summed E-state index contributed by atoms with van der Waals surface area (Å²) in [4.78, 5) is 27.8. The molecule has 2 unspecified atom stereocenters. The fourth-order valence-electron chi connectivity index (χ4n) is 4.03. The van der Waals surface area contributed by atoms with E-state index in [0.717, 1.165) is 16.1 Å². The van der Waals surface area contributed by atoms with Gasteiger partial charge in [-0.05, 0) is 57.0 Å². The van der Waals surface area contributed by atoms with Crippen LogP contribution in [0.1, 0.15) is 45.2 Å². The van der Waals surface area contributed by atoms with Gasteiger partial charge in [0.25, 0.3) is 5.91 Å². The minimum absolute atomic E-state index is 0.00467. The number of carbonyl (C=O) groups excluding carboxylic acids is 2. The Hall–Kier alpha value is -2.67. The largest absolute Gasteiger partial charge is 0.490 e. The molecular formula is C23H26N2O4S. The lowest BCUT2D eigenvalue weighted by molar-refractivity contribution is -0.125. The second-order valence-corrected chi connectivity index (χ2v) is 8.67. The number of nitrogens with zero attached hydrogens (tertiary/aromatic N) is 1. The van der Waals surface area contributed by atoms with E-state index in [-0.39, 0.29) is 17.9 Å². The Bertz CT molecular complexity index is 979. The highest BCUT2D eigenvalue weighted by Gasteiger charge is 2.57. The van der Waals surface area contributed by atoms with Crippen LogP contribution in [0.2, 0.25) is 0 Å². The zero-order chi connectivity index (χ0) is 21.3. The molecule has 1 saturated heterocycles. The van der Waals surface area contributed by atoms with E-state index in [1.165, 1.54) is 11.8 Å². The quantitative estimate of drug-likeness (QED) is 0.715. The monoisotopic (exact) mass is 426 g/mol. The molecule has 7 heteroatoms. The molecule has 1 N–H and O–H groups in total. The van der Waals surface area contributed by atoms with Gasteiger partial charge in [0.15, 0.2) is 16.4 Å². The summed E-state index contributed by atoms with van der Waals surface area (Å²) in [7, 11) is 0. The Labute approximate surface area is 180 Å². The van der Waals surface area contributed by atoms with Crippen molar-refractivity contribution in [1.82, 2.24) is 5.32 Å². The molecule has 2 aromatic rings. The van der Waals surface area contributed by atoms with E-state index in [1.54, 1.807) is 4.90 Å². The van der Waals surface area contributed by atoms with Crippen molar-refractivity contribution >= 4 is 29.3 Å². The highest BCUT2D eigenvalue weighted by Crippen LogP contribution is 2.55. The van der Waals surface area contributed by atoms with Crippen molar-refractivity contribution in [1.29, 1.82) is 0 Å². The molecule has 4 rings (SSSR count). The lowest BCUT2D eigenvalue weighted by atomic mass is 10.1. The van der Waals surface area contributed by atoms with Gasteiger partial charge in [0, 0.05) is 11.3 Å². The maximum Gasteiger partial charge on any atom is 0.257 e. The lowest BCUT2D eigenvalue weighted by Gasteiger charge is -2.31. The smallest absolute Gasteiger partial charge is 0.257 e. The molecular weight excluding hydrogens is 400 g/mol. The summed E-state index contributed by atoms with van der Waals surface area (Å²) in [6, 6.07) is 13.2. The van der Waals surface area contributed by atoms with Crippen LogP contribution in [0.5, 0.6) is 11.5 Å². The number of thioether (sulfide) groups is 1. The number of nitrogens with one attached hydrogen (secondary N) is 1. The molecule has 2 aliphatic heterocycles. The molecule has 30 heavy (non-hydrogen) atoms. The van der Waals surface area contributed by atoms with Crippen LogP contribution in [0.15, 0.2) is 47.4 Å². The molecule has 2 heterocycles. The highest BCUT2D eigenvalue weighted by atomic mass is 32.2. The van der Waals surface area contributed by atoms with E-state index < -0.39 is 4.87 Å². The van der Waals surface area contributed by atoms with E-state index in [1.807, 2.05) is 63.2 Å². The molecule has 0 aliphatic carbocycles. The third kappa shape index (κ3) is 3.41. The molecule has 2 amide bonds. The number of amides is 2. The van der Waals surface area contributed by atoms with Gasteiger partial charge in [-0.1, -0.05) is 30.0 Å². The predicted molar refractivity (Wildman–Crippen MR) is 117 cm³/mol. The second kappa shape index (κ2) is 8.22. The summed E-state index contributed by atoms with van der Waals surface area (Å²) in [5, 5.41) is 3.13. The fraction of sp³-hybridized carbons (Fsp3) is 0.391. The van der Waals surface area contributed by atoms with Crippen LogP contribution in [0, 0.1) is 0 Å². The summed E-state index contributed by atoms with van der Waals surface area (Å²) in [6.07, 6.45) is 0.873. The van der Waals surface area contributed by atoms with Gasteiger partial charge < -0.3 is 14.8 Å². The first-order valence-electron chi connectivity index (χ1n) is 10.3. The first-order valence-corrected chi connectivity index (χ1v) is 11.1. The summed E-state index contributed by atoms with van der Waals surface area (Å²) in [5.41, 5.74) is 1.75. The number of anilines is 1. The standard InChI is InChI=1S/C23H26N2O4S/c1-4-28-18-11-10-16(14-19(18)29-5-2)15(3)24-22(27)23-13-12-21(26)25(23)17-8-6-7-9-20(17)30-23/h6-11,14-15H,4-5,12-13H2,1-3H3,(H,24,27). The Morgan fingerprint density at radius 3 is 2.67 bits per heavy atom. The van der Waals surface area contributed by atoms with E-state index in [9.17, 15) is 9.59 Å². The van der Waals surface area contributed by atoms with E-state index in [0.29, 0.717) is 37.6 Å². The minimum atomic E-state index is -0.914. The van der Waals surface area contributed by atoms with Crippen molar-refractivity contribution in [3.8, 4) is 11.5 Å². The molecule has 2 aliphatic rings. The normalized spacial score (nSPS) is 20.5. The molecule has 158 valence electrons. The summed E-state index contributed by atoms with van der Waals surface area (Å²) in [5.74, 6) is 1.20. The number of hydrogen-bond donors (Lipinski definition) is 1. The maximum atomic E-state index is 13.4. The molecule has 1 fully saturated rings. The van der Waals surface area contributed by atoms with Gasteiger partial charge in [-0.25, -0.2) is 0 Å². The van der Waals surface area contributed by atoms with E-state index >= 15 is 0 Å². The van der Waals surface area contributed by atoms with Gasteiger partial charge >= 0.3 is 0 Å². The van der Waals surface area contributed by atoms with Crippen molar-refractivity contribution in [2.75, 3.05) is 18.1 Å². The van der Waals surface area contributed by atoms with Crippen LogP contribution in [0.25, 0.3) is 0 Å². The van der Waals surface area contributed by atoms with Crippen LogP contribution in [0.4, 0.5) is 5.69 Å². The topological polar surface area (TPSA) is 67.9 Å². The van der Waals surface area contributed by atoms with Gasteiger partial charge in [0.05, 0.1) is 24.9 Å². The Balaban J connectivity index is 1.57. The second-order valence-electron chi connectivity index (χ2n) is 7.35. The first-order chi connectivity index (χ1) is 14.5. The number of fused-ring (bicyclic) bond motifs is 3. The third-order valence-electron chi connectivity index (χ3n) is 5.44. The Morgan fingerprint density at radius 1 is 1.17 bits per heavy atom. The van der Waals surface area contributed by atoms with E-state index in [2.05, 4.69) is 5.32 Å². The molecule has 0 aromatic heterocycles. The SMILES string of the molecule is CCOc1ccc(C(C)NC(=O)C23CCC(=O)N2c2ccccc2S3)cc1OCC. The maximum absolute atomic E-state index is 13.4. The fourth-order valence-corrected chi connectivity index (χ4v) is 5.45. The van der Waals surface area contributed by atoms with Gasteiger partial charge in [0.1, 0.15) is 0 Å². The number of para-hydroxylation sites is 1. The third-order valence-corrected chi connectivity index (χ3v) is 6.92. The molecule has 0 saturated carbocycles. The molecule has 6 nitrogen and oxygen atoms in total. The average molecular weight is 427 g/mol. The molecule has 2 aromatic carbocycles. The first kappa shape index (κ1) is 20.6. The number of benzene rings is 2. The molecule has 0 radical (unpaired) electrons. The van der Waals surface area contributed by atoms with Crippen molar-refractivity contribution in [3.05, 3.63) is 48.0 Å². The number of hydrogen-bond acceptors (Lipinski definition) is 5. The lowest BCUT2D eigenvalue weighted by Crippen LogP contribution is -2.52. The predicted octanol–water partition coefficient (Wildman–Crippen LogP) is 4.29. The zero-order valence-electron chi connectivity index (χ0n) is 17.4. The number of ether oxygens (including phenoxy) is 2. The zero-order valence-corrected chi connectivity index (χ0v) is 18.3. The number of rotatable bonds is 7. The van der Waals surface area contributed by atoms with Crippen molar-refractivity contribution in [2.45, 2.75) is 49.4 Å². The molecule has 2 atom stereocenters. The molecule has 0 bridgehead atoms. The average Bonchev–Trinajstić information content (AvgIpc) is 3.25. The van der Waals surface area contributed by atoms with Gasteiger partial charge in [-0.15, -0.1) is 0 Å². The van der Waals surface area contributed by atoms with Crippen LogP contribution in [-0.2, 0) is 9.59 Å². The van der Waals surface area contributed by atoms with Crippen LogP contribution >= 0.6 is 11.8 Å².